The van der Waals surface area contributed by atoms with Gasteiger partial charge in [0.15, 0.2) is 0 Å². The highest BCUT2D eigenvalue weighted by Gasteiger charge is 2.52. The molecule has 19 heavy (non-hydrogen) atoms. The van der Waals surface area contributed by atoms with E-state index in [1.54, 1.807) is 20.8 Å². The molecule has 1 fully saturated rings. The number of rotatable bonds is 2. The van der Waals surface area contributed by atoms with E-state index in [0.29, 0.717) is 0 Å². The topological polar surface area (TPSA) is 82.1 Å². The van der Waals surface area contributed by atoms with Crippen LogP contribution in [0.15, 0.2) is 0 Å². The van der Waals surface area contributed by atoms with E-state index < -0.39 is 35.7 Å². The maximum absolute atomic E-state index is 12.0. The maximum atomic E-state index is 12.0. The number of ether oxygens (including phenoxy) is 3. The molecule has 0 spiro atoms. The van der Waals surface area contributed by atoms with Gasteiger partial charge in [0.1, 0.15) is 17.7 Å². The number of nitrogens with zero attached hydrogens (tertiary/aromatic N) is 1. The van der Waals surface area contributed by atoms with Crippen LogP contribution in [-0.4, -0.2) is 54.8 Å². The van der Waals surface area contributed by atoms with Gasteiger partial charge in [0, 0.05) is 6.42 Å². The average Bonchev–Trinajstić information content (AvgIpc) is 2.24. The standard InChI is InChI=1S/C12H19NO6/c1-12(2,3)19-11(16)13-7(9(14)17-4)6-8(13)10(15)18-5/h7-8H,6H2,1-5H3/t7-,8+. The predicted octanol–water partition coefficient (Wildman–Crippen LogP) is 0.710. The fourth-order valence-electron chi connectivity index (χ4n) is 1.78. The molecule has 0 aromatic rings. The summed E-state index contributed by atoms with van der Waals surface area (Å²) >= 11 is 0. The van der Waals surface area contributed by atoms with Crippen molar-refractivity contribution in [3.8, 4) is 0 Å². The zero-order valence-electron chi connectivity index (χ0n) is 11.8. The highest BCUT2D eigenvalue weighted by Crippen LogP contribution is 2.29. The van der Waals surface area contributed by atoms with Gasteiger partial charge in [-0.25, -0.2) is 14.4 Å². The van der Waals surface area contributed by atoms with E-state index in [0.717, 1.165) is 4.90 Å². The largest absolute Gasteiger partial charge is 0.467 e. The summed E-state index contributed by atoms with van der Waals surface area (Å²) < 4.78 is 14.3. The lowest BCUT2D eigenvalue weighted by Gasteiger charge is -2.44. The van der Waals surface area contributed by atoms with E-state index >= 15 is 0 Å². The molecule has 0 aliphatic carbocycles. The SMILES string of the molecule is COC(=O)[C@H]1C[C@@H](C(=O)OC)N1C(=O)OC(C)(C)C. The van der Waals surface area contributed by atoms with Crippen molar-refractivity contribution in [2.75, 3.05) is 14.2 Å². The molecule has 0 bridgehead atoms. The summed E-state index contributed by atoms with van der Waals surface area (Å²) in [5.74, 6) is -1.16. The van der Waals surface area contributed by atoms with Crippen LogP contribution in [0.1, 0.15) is 27.2 Å². The van der Waals surface area contributed by atoms with Crippen molar-refractivity contribution < 1.29 is 28.6 Å². The lowest BCUT2D eigenvalue weighted by molar-refractivity contribution is -0.165. The first-order valence-corrected chi connectivity index (χ1v) is 5.88. The second-order valence-electron chi connectivity index (χ2n) is 5.20. The fourth-order valence-corrected chi connectivity index (χ4v) is 1.78. The highest BCUT2D eigenvalue weighted by atomic mass is 16.6. The zero-order valence-corrected chi connectivity index (χ0v) is 11.8. The van der Waals surface area contributed by atoms with Gasteiger partial charge in [-0.3, -0.25) is 4.90 Å². The van der Waals surface area contributed by atoms with Crippen molar-refractivity contribution in [2.45, 2.75) is 44.9 Å². The van der Waals surface area contributed by atoms with Crippen molar-refractivity contribution in [1.82, 2.24) is 4.90 Å². The van der Waals surface area contributed by atoms with Gasteiger partial charge in [0.25, 0.3) is 0 Å². The Morgan fingerprint density at radius 1 is 1.00 bits per heavy atom. The average molecular weight is 273 g/mol. The van der Waals surface area contributed by atoms with Crippen LogP contribution in [0.4, 0.5) is 4.79 Å². The van der Waals surface area contributed by atoms with Crippen LogP contribution in [0.2, 0.25) is 0 Å². The van der Waals surface area contributed by atoms with Crippen molar-refractivity contribution >= 4 is 18.0 Å². The molecule has 1 saturated heterocycles. The summed E-state index contributed by atoms with van der Waals surface area (Å²) in [6.07, 6.45) is -0.553. The third kappa shape index (κ3) is 3.36. The van der Waals surface area contributed by atoms with E-state index in [-0.39, 0.29) is 6.42 Å². The van der Waals surface area contributed by atoms with Gasteiger partial charge in [0.2, 0.25) is 0 Å². The fraction of sp³-hybridized carbons (Fsp3) is 0.750. The minimum atomic E-state index is -0.802. The van der Waals surface area contributed by atoms with Crippen LogP contribution in [0.25, 0.3) is 0 Å². The number of carbonyl (C=O) groups excluding carboxylic acids is 3. The number of likely N-dealkylation sites (tertiary alicyclic amines) is 1. The number of esters is 2. The van der Waals surface area contributed by atoms with Gasteiger partial charge in [0.05, 0.1) is 14.2 Å². The summed E-state index contributed by atoms with van der Waals surface area (Å²) in [6.45, 7) is 5.10. The first-order chi connectivity index (χ1) is 8.71. The van der Waals surface area contributed by atoms with Crippen LogP contribution >= 0.6 is 0 Å². The van der Waals surface area contributed by atoms with Crippen LogP contribution in [-0.2, 0) is 23.8 Å². The Morgan fingerprint density at radius 2 is 1.42 bits per heavy atom. The Bertz CT molecular complexity index is 364. The van der Waals surface area contributed by atoms with E-state index in [1.165, 1.54) is 14.2 Å². The summed E-state index contributed by atoms with van der Waals surface area (Å²) in [5, 5.41) is 0. The molecular weight excluding hydrogens is 254 g/mol. The number of carbonyl (C=O) groups is 3. The third-order valence-corrected chi connectivity index (χ3v) is 2.67. The second kappa shape index (κ2) is 5.46. The molecule has 1 rings (SSSR count). The van der Waals surface area contributed by atoms with Crippen molar-refractivity contribution in [3.05, 3.63) is 0 Å². The van der Waals surface area contributed by atoms with E-state index in [4.69, 9.17) is 4.74 Å². The van der Waals surface area contributed by atoms with Gasteiger partial charge < -0.3 is 14.2 Å². The Labute approximate surface area is 111 Å². The van der Waals surface area contributed by atoms with Crippen LogP contribution < -0.4 is 0 Å². The first-order valence-electron chi connectivity index (χ1n) is 5.88. The molecule has 1 amide bonds. The lowest BCUT2D eigenvalue weighted by atomic mass is 9.93. The second-order valence-corrected chi connectivity index (χ2v) is 5.20. The van der Waals surface area contributed by atoms with E-state index in [1.807, 2.05) is 0 Å². The summed E-state index contributed by atoms with van der Waals surface area (Å²) in [6, 6.07) is -1.60. The Kier molecular flexibility index (Phi) is 4.39. The number of hydrogen-bond donors (Lipinski definition) is 0. The highest BCUT2D eigenvalue weighted by molar-refractivity contribution is 5.90. The van der Waals surface area contributed by atoms with Crippen molar-refractivity contribution in [2.24, 2.45) is 0 Å². The van der Waals surface area contributed by atoms with Gasteiger partial charge >= 0.3 is 18.0 Å². The molecule has 0 aromatic carbocycles. The van der Waals surface area contributed by atoms with Crippen LogP contribution in [0, 0.1) is 0 Å². The monoisotopic (exact) mass is 273 g/mol. The van der Waals surface area contributed by atoms with Crippen molar-refractivity contribution in [1.29, 1.82) is 0 Å². The predicted molar refractivity (Wildman–Crippen MR) is 64.3 cm³/mol. The molecule has 108 valence electrons. The van der Waals surface area contributed by atoms with Gasteiger partial charge in [-0.1, -0.05) is 0 Å². The van der Waals surface area contributed by atoms with Gasteiger partial charge in [-0.2, -0.15) is 0 Å². The molecular formula is C12H19NO6. The quantitative estimate of drug-likeness (QED) is 0.544. The number of methoxy groups -OCH3 is 2. The molecule has 7 heteroatoms. The maximum Gasteiger partial charge on any atom is 0.411 e. The zero-order chi connectivity index (χ0) is 14.8. The molecule has 0 saturated carbocycles. The number of amides is 1. The van der Waals surface area contributed by atoms with Gasteiger partial charge in [-0.05, 0) is 20.8 Å². The van der Waals surface area contributed by atoms with Crippen molar-refractivity contribution in [3.63, 3.8) is 0 Å². The third-order valence-electron chi connectivity index (χ3n) is 2.67. The molecule has 1 aliphatic rings. The molecule has 0 aromatic heterocycles. The minimum Gasteiger partial charge on any atom is -0.467 e. The lowest BCUT2D eigenvalue weighted by Crippen LogP contribution is -2.65. The first kappa shape index (κ1) is 15.3. The molecule has 0 unspecified atom stereocenters. The molecule has 1 heterocycles. The van der Waals surface area contributed by atoms with Crippen LogP contribution in [0.3, 0.4) is 0 Å². The Balaban J connectivity index is 2.84. The smallest absolute Gasteiger partial charge is 0.411 e. The summed E-state index contributed by atoms with van der Waals surface area (Å²) in [5.41, 5.74) is -0.714. The molecule has 2 atom stereocenters. The summed E-state index contributed by atoms with van der Waals surface area (Å²) in [7, 11) is 2.45. The molecule has 7 nitrogen and oxygen atoms in total. The van der Waals surface area contributed by atoms with E-state index in [9.17, 15) is 14.4 Å². The molecule has 0 N–H and O–H groups in total. The van der Waals surface area contributed by atoms with Gasteiger partial charge in [-0.15, -0.1) is 0 Å². The Morgan fingerprint density at radius 3 is 1.74 bits per heavy atom. The molecule has 0 radical (unpaired) electrons. The number of hydrogen-bond acceptors (Lipinski definition) is 6. The van der Waals surface area contributed by atoms with Crippen LogP contribution in [0.5, 0.6) is 0 Å². The van der Waals surface area contributed by atoms with E-state index in [2.05, 4.69) is 9.47 Å². The minimum absolute atomic E-state index is 0.179. The normalized spacial score (nSPS) is 22.3. The summed E-state index contributed by atoms with van der Waals surface area (Å²) in [4.78, 5) is 36.1. The molecule has 1 aliphatic heterocycles. The Hall–Kier alpha value is -1.79.